The number of carboxylic acid groups (broad SMARTS) is 1. The number of carbonyl (C=O) groups is 1. The van der Waals surface area contributed by atoms with Gasteiger partial charge in [-0.1, -0.05) is 60.7 Å². The van der Waals surface area contributed by atoms with Crippen molar-refractivity contribution in [3.63, 3.8) is 0 Å². The van der Waals surface area contributed by atoms with Crippen LogP contribution >= 0.6 is 0 Å². The molecule has 2 N–H and O–H groups in total. The van der Waals surface area contributed by atoms with Crippen LogP contribution in [0.4, 0.5) is 0 Å². The maximum Gasteiger partial charge on any atom is 0.312 e. The monoisotopic (exact) mass is 281 g/mol. The minimum atomic E-state index is -0.773. The molecule has 108 valence electrons. The van der Waals surface area contributed by atoms with Crippen molar-refractivity contribution in [1.29, 1.82) is 0 Å². The van der Waals surface area contributed by atoms with Crippen molar-refractivity contribution in [2.24, 2.45) is 0 Å². The zero-order chi connectivity index (χ0) is 14.7. The zero-order valence-electron chi connectivity index (χ0n) is 11.8. The van der Waals surface area contributed by atoms with Crippen LogP contribution in [-0.2, 0) is 4.79 Å². The van der Waals surface area contributed by atoms with Crippen LogP contribution in [0.5, 0.6) is 0 Å². The van der Waals surface area contributed by atoms with Gasteiger partial charge in [0, 0.05) is 18.5 Å². The highest BCUT2D eigenvalue weighted by Crippen LogP contribution is 2.40. The minimum Gasteiger partial charge on any atom is -0.481 e. The first-order valence-electron chi connectivity index (χ1n) is 7.32. The molecular formula is C18H19NO2. The van der Waals surface area contributed by atoms with Crippen LogP contribution < -0.4 is 5.32 Å². The van der Waals surface area contributed by atoms with Crippen LogP contribution in [0.1, 0.15) is 29.4 Å². The Labute approximate surface area is 124 Å². The predicted molar refractivity (Wildman–Crippen MR) is 82.4 cm³/mol. The fraction of sp³-hybridized carbons (Fsp3) is 0.278. The van der Waals surface area contributed by atoms with Crippen molar-refractivity contribution in [2.75, 3.05) is 6.54 Å². The quantitative estimate of drug-likeness (QED) is 0.855. The van der Waals surface area contributed by atoms with E-state index in [0.717, 1.165) is 12.0 Å². The third kappa shape index (κ3) is 3.31. The number of nitrogens with one attached hydrogen (secondary N) is 1. The molecule has 0 saturated heterocycles. The maximum absolute atomic E-state index is 11.4. The molecule has 0 heterocycles. The van der Waals surface area contributed by atoms with E-state index in [9.17, 15) is 9.90 Å². The lowest BCUT2D eigenvalue weighted by atomic mass is 9.99. The lowest BCUT2D eigenvalue weighted by Gasteiger charge is -2.13. The normalized spacial score (nSPS) is 21.7. The Kier molecular flexibility index (Phi) is 4.02. The molecule has 1 saturated carbocycles. The topological polar surface area (TPSA) is 49.3 Å². The Morgan fingerprint density at radius 3 is 2.33 bits per heavy atom. The maximum atomic E-state index is 11.4. The Bertz CT molecular complexity index is 597. The molecule has 1 aliphatic carbocycles. The van der Waals surface area contributed by atoms with E-state index in [1.165, 1.54) is 5.56 Å². The third-order valence-electron chi connectivity index (χ3n) is 4.10. The molecule has 0 radical (unpaired) electrons. The molecule has 21 heavy (non-hydrogen) atoms. The van der Waals surface area contributed by atoms with Gasteiger partial charge in [0.05, 0.1) is 5.92 Å². The van der Waals surface area contributed by atoms with Crippen molar-refractivity contribution in [3.05, 3.63) is 71.8 Å². The second-order valence-electron chi connectivity index (χ2n) is 5.57. The molecule has 0 amide bonds. The summed E-state index contributed by atoms with van der Waals surface area (Å²) in [7, 11) is 0. The van der Waals surface area contributed by atoms with Gasteiger partial charge >= 0.3 is 5.97 Å². The van der Waals surface area contributed by atoms with Gasteiger partial charge in [-0.05, 0) is 17.5 Å². The van der Waals surface area contributed by atoms with E-state index >= 15 is 0 Å². The van der Waals surface area contributed by atoms with E-state index < -0.39 is 11.9 Å². The Balaban J connectivity index is 1.58. The molecule has 3 unspecified atom stereocenters. The molecule has 3 nitrogen and oxygen atoms in total. The number of aliphatic carboxylic acids is 1. The minimum absolute atomic E-state index is 0.401. The van der Waals surface area contributed by atoms with Crippen molar-refractivity contribution in [3.8, 4) is 0 Å². The second kappa shape index (κ2) is 6.10. The van der Waals surface area contributed by atoms with Crippen LogP contribution in [0.25, 0.3) is 0 Å². The fourth-order valence-corrected chi connectivity index (χ4v) is 2.79. The van der Waals surface area contributed by atoms with Gasteiger partial charge in [-0.25, -0.2) is 0 Å². The summed E-state index contributed by atoms with van der Waals surface area (Å²) in [5, 5.41) is 12.8. The highest BCUT2D eigenvalue weighted by atomic mass is 16.4. The lowest BCUT2D eigenvalue weighted by Crippen LogP contribution is -2.29. The van der Waals surface area contributed by atoms with Crippen molar-refractivity contribution < 1.29 is 9.90 Å². The van der Waals surface area contributed by atoms with E-state index in [2.05, 4.69) is 29.6 Å². The molecule has 0 spiro atoms. The summed E-state index contributed by atoms with van der Waals surface area (Å²) < 4.78 is 0. The second-order valence-corrected chi connectivity index (χ2v) is 5.57. The number of hydrogen-bond donors (Lipinski definition) is 2. The van der Waals surface area contributed by atoms with Crippen molar-refractivity contribution in [2.45, 2.75) is 24.3 Å². The molecule has 0 bridgehead atoms. The standard InChI is InChI=1S/C18H19NO2/c20-18(21)16(14-9-5-2-6-10-14)12-19-17-11-15(17)13-7-3-1-4-8-13/h1-10,15-17,19H,11-12H2,(H,20,21). The van der Waals surface area contributed by atoms with Gasteiger partial charge in [-0.2, -0.15) is 0 Å². The fourth-order valence-electron chi connectivity index (χ4n) is 2.79. The Morgan fingerprint density at radius 2 is 1.71 bits per heavy atom. The number of hydrogen-bond acceptors (Lipinski definition) is 2. The molecule has 3 atom stereocenters. The summed E-state index contributed by atoms with van der Waals surface area (Å²) in [6.07, 6.45) is 1.09. The Morgan fingerprint density at radius 1 is 1.10 bits per heavy atom. The van der Waals surface area contributed by atoms with E-state index in [1.807, 2.05) is 36.4 Å². The van der Waals surface area contributed by atoms with E-state index in [-0.39, 0.29) is 0 Å². The zero-order valence-corrected chi connectivity index (χ0v) is 11.8. The SMILES string of the molecule is O=C(O)C(CNC1CC1c1ccccc1)c1ccccc1. The smallest absolute Gasteiger partial charge is 0.312 e. The van der Waals surface area contributed by atoms with Gasteiger partial charge in [0.1, 0.15) is 0 Å². The van der Waals surface area contributed by atoms with Crippen LogP contribution in [-0.4, -0.2) is 23.7 Å². The van der Waals surface area contributed by atoms with Gasteiger partial charge in [0.2, 0.25) is 0 Å². The van der Waals surface area contributed by atoms with E-state index in [1.54, 1.807) is 0 Å². The van der Waals surface area contributed by atoms with Crippen LogP contribution in [0.3, 0.4) is 0 Å². The summed E-state index contributed by atoms with van der Waals surface area (Å²) in [4.78, 5) is 11.4. The lowest BCUT2D eigenvalue weighted by molar-refractivity contribution is -0.138. The molecule has 2 aromatic carbocycles. The van der Waals surface area contributed by atoms with E-state index in [0.29, 0.717) is 18.5 Å². The number of benzene rings is 2. The molecule has 0 aromatic heterocycles. The van der Waals surface area contributed by atoms with Crippen molar-refractivity contribution in [1.82, 2.24) is 5.32 Å². The highest BCUT2D eigenvalue weighted by Gasteiger charge is 2.38. The van der Waals surface area contributed by atoms with Gasteiger partial charge < -0.3 is 10.4 Å². The average molecular weight is 281 g/mol. The first-order valence-corrected chi connectivity index (χ1v) is 7.32. The third-order valence-corrected chi connectivity index (χ3v) is 4.10. The van der Waals surface area contributed by atoms with Crippen LogP contribution in [0, 0.1) is 0 Å². The summed E-state index contributed by atoms with van der Waals surface area (Å²) in [5.74, 6) is -0.731. The van der Waals surface area contributed by atoms with Crippen LogP contribution in [0.2, 0.25) is 0 Å². The Hall–Kier alpha value is -2.13. The molecular weight excluding hydrogens is 262 g/mol. The summed E-state index contributed by atoms with van der Waals surface area (Å²) in [6.45, 7) is 0.480. The average Bonchev–Trinajstić information content (AvgIpc) is 3.29. The summed E-state index contributed by atoms with van der Waals surface area (Å²) >= 11 is 0. The van der Waals surface area contributed by atoms with Gasteiger partial charge in [-0.15, -0.1) is 0 Å². The number of rotatable bonds is 6. The summed E-state index contributed by atoms with van der Waals surface area (Å²) in [5.41, 5.74) is 2.19. The van der Waals surface area contributed by atoms with Gasteiger partial charge in [0.25, 0.3) is 0 Å². The van der Waals surface area contributed by atoms with Crippen LogP contribution in [0.15, 0.2) is 60.7 Å². The molecule has 3 rings (SSSR count). The predicted octanol–water partition coefficient (Wildman–Crippen LogP) is 3.00. The largest absolute Gasteiger partial charge is 0.481 e. The van der Waals surface area contributed by atoms with Crippen molar-refractivity contribution >= 4 is 5.97 Å². The highest BCUT2D eigenvalue weighted by molar-refractivity contribution is 5.76. The summed E-state index contributed by atoms with van der Waals surface area (Å²) in [6, 6.07) is 20.2. The van der Waals surface area contributed by atoms with E-state index in [4.69, 9.17) is 0 Å². The van der Waals surface area contributed by atoms with Gasteiger partial charge in [0.15, 0.2) is 0 Å². The molecule has 3 heteroatoms. The molecule has 0 aliphatic heterocycles. The first-order chi connectivity index (χ1) is 10.3. The molecule has 1 aliphatic rings. The first kappa shape index (κ1) is 13.8. The molecule has 2 aromatic rings. The number of carboxylic acids is 1. The van der Waals surface area contributed by atoms with Gasteiger partial charge in [-0.3, -0.25) is 4.79 Å². The molecule has 1 fully saturated rings.